The van der Waals surface area contributed by atoms with E-state index in [1.165, 1.54) is 0 Å². The number of esters is 2. The third-order valence-corrected chi connectivity index (χ3v) is 3.02. The average molecular weight is 274 g/mol. The van der Waals surface area contributed by atoms with Crippen molar-refractivity contribution in [3.05, 3.63) is 41.5 Å². The van der Waals surface area contributed by atoms with E-state index in [-0.39, 0.29) is 11.9 Å². The molecule has 4 heteroatoms. The molecule has 2 aliphatic rings. The zero-order chi connectivity index (χ0) is 14.4. The van der Waals surface area contributed by atoms with Gasteiger partial charge in [0.15, 0.2) is 0 Å². The van der Waals surface area contributed by atoms with Gasteiger partial charge in [-0.15, -0.1) is 0 Å². The van der Waals surface area contributed by atoms with Gasteiger partial charge < -0.3 is 9.47 Å². The van der Waals surface area contributed by atoms with Gasteiger partial charge >= 0.3 is 11.9 Å². The van der Waals surface area contributed by atoms with Crippen LogP contribution in [-0.4, -0.2) is 18.5 Å². The number of cyclic esters (lactones) is 2. The van der Waals surface area contributed by atoms with Crippen LogP contribution >= 0.6 is 0 Å². The summed E-state index contributed by atoms with van der Waals surface area (Å²) in [6.07, 6.45) is 5.52. The van der Waals surface area contributed by atoms with Gasteiger partial charge in [0, 0.05) is 12.0 Å². The molecule has 3 rings (SSSR count). The lowest BCUT2D eigenvalue weighted by Gasteiger charge is -1.96. The Labute approximate surface area is 118 Å². The Morgan fingerprint density at radius 2 is 1.95 bits per heavy atom. The van der Waals surface area contributed by atoms with Gasteiger partial charge in [-0.3, -0.25) is 4.79 Å². The zero-order valence-electron chi connectivity index (χ0n) is 11.6. The molecule has 0 N–H and O–H groups in total. The molecular weight excluding hydrogens is 256 g/mol. The minimum absolute atomic E-state index is 0.0463. The van der Waals surface area contributed by atoms with E-state index >= 15 is 0 Å². The lowest BCUT2D eigenvalue weighted by molar-refractivity contribution is -0.137. The van der Waals surface area contributed by atoms with Crippen molar-refractivity contribution >= 4 is 17.7 Å². The Kier molecular flexibility index (Phi) is 4.93. The first kappa shape index (κ1) is 14.3. The van der Waals surface area contributed by atoms with Gasteiger partial charge in [0.05, 0.1) is 12.2 Å². The fourth-order valence-electron chi connectivity index (χ4n) is 1.99. The molecule has 0 atom stereocenters. The number of rotatable bonds is 2. The SMILES string of the molecule is CCCC=C1OC(=O)c2ccccc21.O=C1CCCO1. The number of hydrogen-bond acceptors (Lipinski definition) is 4. The molecule has 0 saturated carbocycles. The van der Waals surface area contributed by atoms with E-state index in [0.717, 1.165) is 24.8 Å². The standard InChI is InChI=1S/C12H12O2.C4H6O2/c1-2-3-8-11-9-6-4-5-7-10(9)12(13)14-11;5-4-2-1-3-6-4/h4-8H,2-3H2,1H3;1-3H2. The van der Waals surface area contributed by atoms with Gasteiger partial charge in [0.1, 0.15) is 5.76 Å². The molecule has 0 radical (unpaired) electrons. The molecule has 1 saturated heterocycles. The van der Waals surface area contributed by atoms with E-state index in [9.17, 15) is 9.59 Å². The number of allylic oxidation sites excluding steroid dienone is 1. The average Bonchev–Trinajstić information content (AvgIpc) is 3.06. The van der Waals surface area contributed by atoms with Gasteiger partial charge in [-0.25, -0.2) is 4.79 Å². The Balaban J connectivity index is 0.000000205. The number of carbonyl (C=O) groups is 2. The second kappa shape index (κ2) is 6.89. The molecule has 4 nitrogen and oxygen atoms in total. The zero-order valence-corrected chi connectivity index (χ0v) is 11.6. The molecule has 0 aromatic heterocycles. The summed E-state index contributed by atoms with van der Waals surface area (Å²) in [4.78, 5) is 21.4. The van der Waals surface area contributed by atoms with Crippen LogP contribution < -0.4 is 0 Å². The molecule has 2 aliphatic heterocycles. The molecule has 1 fully saturated rings. The Hall–Kier alpha value is -2.10. The predicted molar refractivity (Wildman–Crippen MR) is 74.9 cm³/mol. The second-order valence-corrected chi connectivity index (χ2v) is 4.62. The highest BCUT2D eigenvalue weighted by Crippen LogP contribution is 2.29. The van der Waals surface area contributed by atoms with Gasteiger partial charge in [-0.1, -0.05) is 31.5 Å². The first-order valence-corrected chi connectivity index (χ1v) is 6.89. The number of ether oxygens (including phenoxy) is 2. The van der Waals surface area contributed by atoms with Gasteiger partial charge in [-0.2, -0.15) is 0 Å². The maximum absolute atomic E-state index is 11.4. The molecule has 106 valence electrons. The summed E-state index contributed by atoms with van der Waals surface area (Å²) in [5, 5.41) is 0. The van der Waals surface area contributed by atoms with Gasteiger partial charge in [0.25, 0.3) is 0 Å². The van der Waals surface area contributed by atoms with Gasteiger partial charge in [0.2, 0.25) is 0 Å². The van der Waals surface area contributed by atoms with E-state index in [2.05, 4.69) is 11.7 Å². The number of carbonyl (C=O) groups excluding carboxylic acids is 2. The van der Waals surface area contributed by atoms with Crippen LogP contribution in [0.15, 0.2) is 30.3 Å². The first-order chi connectivity index (χ1) is 9.72. The van der Waals surface area contributed by atoms with E-state index in [0.29, 0.717) is 24.4 Å². The van der Waals surface area contributed by atoms with Crippen LogP contribution in [0.2, 0.25) is 0 Å². The Bertz CT molecular complexity index is 523. The van der Waals surface area contributed by atoms with Crippen LogP contribution in [0.4, 0.5) is 0 Å². The van der Waals surface area contributed by atoms with Crippen molar-refractivity contribution in [1.29, 1.82) is 0 Å². The van der Waals surface area contributed by atoms with Crippen molar-refractivity contribution in [2.24, 2.45) is 0 Å². The monoisotopic (exact) mass is 274 g/mol. The fraction of sp³-hybridized carbons (Fsp3) is 0.375. The summed E-state index contributed by atoms with van der Waals surface area (Å²) in [5.74, 6) is 0.436. The van der Waals surface area contributed by atoms with Crippen molar-refractivity contribution in [3.63, 3.8) is 0 Å². The summed E-state index contributed by atoms with van der Waals surface area (Å²) < 4.78 is 9.67. The molecule has 0 bridgehead atoms. The molecule has 20 heavy (non-hydrogen) atoms. The first-order valence-electron chi connectivity index (χ1n) is 6.89. The summed E-state index contributed by atoms with van der Waals surface area (Å²) in [7, 11) is 0. The topological polar surface area (TPSA) is 52.6 Å². The number of hydrogen-bond donors (Lipinski definition) is 0. The van der Waals surface area contributed by atoms with Crippen molar-refractivity contribution < 1.29 is 19.1 Å². The lowest BCUT2D eigenvalue weighted by Crippen LogP contribution is -1.92. The maximum Gasteiger partial charge on any atom is 0.344 e. The fourth-order valence-corrected chi connectivity index (χ4v) is 1.99. The molecule has 1 aromatic rings. The number of unbranched alkanes of at least 4 members (excludes halogenated alkanes) is 1. The van der Waals surface area contributed by atoms with Crippen molar-refractivity contribution in [3.8, 4) is 0 Å². The number of fused-ring (bicyclic) bond motifs is 1. The van der Waals surface area contributed by atoms with E-state index in [4.69, 9.17) is 4.74 Å². The lowest BCUT2D eigenvalue weighted by atomic mass is 10.1. The molecule has 0 aliphatic carbocycles. The van der Waals surface area contributed by atoms with Gasteiger partial charge in [-0.05, 0) is 25.0 Å². The normalized spacial score (nSPS) is 18.1. The largest absolute Gasteiger partial charge is 0.466 e. The number of benzene rings is 1. The summed E-state index contributed by atoms with van der Waals surface area (Å²) in [6, 6.07) is 7.48. The molecule has 0 amide bonds. The van der Waals surface area contributed by atoms with Crippen LogP contribution in [0.3, 0.4) is 0 Å². The second-order valence-electron chi connectivity index (χ2n) is 4.62. The summed E-state index contributed by atoms with van der Waals surface area (Å²) >= 11 is 0. The van der Waals surface area contributed by atoms with Crippen molar-refractivity contribution in [2.75, 3.05) is 6.61 Å². The van der Waals surface area contributed by atoms with Crippen LogP contribution in [0, 0.1) is 0 Å². The third-order valence-electron chi connectivity index (χ3n) is 3.02. The Morgan fingerprint density at radius 1 is 1.20 bits per heavy atom. The minimum Gasteiger partial charge on any atom is -0.466 e. The Morgan fingerprint density at radius 3 is 2.50 bits per heavy atom. The molecular formula is C16H18O4. The van der Waals surface area contributed by atoms with Crippen LogP contribution in [-0.2, 0) is 14.3 Å². The summed E-state index contributed by atoms with van der Waals surface area (Å²) in [5.41, 5.74) is 1.60. The molecule has 2 heterocycles. The van der Waals surface area contributed by atoms with Crippen LogP contribution in [0.1, 0.15) is 48.5 Å². The summed E-state index contributed by atoms with van der Waals surface area (Å²) in [6.45, 7) is 2.73. The smallest absolute Gasteiger partial charge is 0.344 e. The highest BCUT2D eigenvalue weighted by molar-refractivity contribution is 6.02. The minimum atomic E-state index is -0.233. The third kappa shape index (κ3) is 3.47. The maximum atomic E-state index is 11.4. The molecule has 0 unspecified atom stereocenters. The highest BCUT2D eigenvalue weighted by atomic mass is 16.5. The van der Waals surface area contributed by atoms with Crippen molar-refractivity contribution in [2.45, 2.75) is 32.6 Å². The quantitative estimate of drug-likeness (QED) is 0.776. The van der Waals surface area contributed by atoms with E-state index < -0.39 is 0 Å². The molecule has 1 aromatic carbocycles. The highest BCUT2D eigenvalue weighted by Gasteiger charge is 2.24. The van der Waals surface area contributed by atoms with Crippen LogP contribution in [0.5, 0.6) is 0 Å². The predicted octanol–water partition coefficient (Wildman–Crippen LogP) is 3.32. The van der Waals surface area contributed by atoms with Crippen LogP contribution in [0.25, 0.3) is 5.76 Å². The van der Waals surface area contributed by atoms with E-state index in [1.54, 1.807) is 6.07 Å². The molecule has 0 spiro atoms. The van der Waals surface area contributed by atoms with Crippen molar-refractivity contribution in [1.82, 2.24) is 0 Å². The van der Waals surface area contributed by atoms with E-state index in [1.807, 2.05) is 24.3 Å².